The molecule has 0 aromatic carbocycles. The Hall–Kier alpha value is -1.87. The standard InChI is InChI=1S/C17H27N3O17P2/c1-6(22)18-10-13(26)11(24)7(4-21)35-16(10)36-39(32,37-38(29,30)31)33-5-8-12(25)14(27)15(34-8)20-3-2-9(23)19-17(20)28/h2-3,7-8,10-16,21,24-27H,4-5H2,1H3,(H,18,22)(H,19,23,28)(H2,29,30,31)/t7-,8+,10+,11-,12?,13-,14?,15+,16+,39?/m1/s1. The monoisotopic (exact) mass is 607 g/mol. The summed E-state index contributed by atoms with van der Waals surface area (Å²) in [6.07, 6.45) is -13.3. The maximum Gasteiger partial charge on any atom is 0.486 e. The highest BCUT2D eigenvalue weighted by Crippen LogP contribution is 2.62. The number of amides is 1. The molecule has 3 rings (SSSR count). The van der Waals surface area contributed by atoms with E-state index in [9.17, 15) is 58.8 Å². The maximum absolute atomic E-state index is 13.2. The van der Waals surface area contributed by atoms with Gasteiger partial charge >= 0.3 is 21.3 Å². The van der Waals surface area contributed by atoms with E-state index in [2.05, 4.69) is 9.63 Å². The fourth-order valence-corrected chi connectivity index (χ4v) is 5.99. The second kappa shape index (κ2) is 12.3. The summed E-state index contributed by atoms with van der Waals surface area (Å²) in [6, 6.07) is -0.797. The summed E-state index contributed by atoms with van der Waals surface area (Å²) >= 11 is 0. The molecule has 22 heteroatoms. The Morgan fingerprint density at radius 3 is 2.28 bits per heavy atom. The van der Waals surface area contributed by atoms with Crippen LogP contribution in [0.4, 0.5) is 0 Å². The van der Waals surface area contributed by atoms with E-state index in [1.54, 1.807) is 0 Å². The highest BCUT2D eigenvalue weighted by Gasteiger charge is 2.51. The Balaban J connectivity index is 1.83. The minimum absolute atomic E-state index is 0.715. The zero-order valence-electron chi connectivity index (χ0n) is 19.8. The molecule has 2 aliphatic heterocycles. The predicted octanol–water partition coefficient (Wildman–Crippen LogP) is -4.65. The number of aromatic nitrogens is 2. The molecule has 3 unspecified atom stereocenters. The van der Waals surface area contributed by atoms with Crippen LogP contribution < -0.4 is 16.6 Å². The number of carbonyl (C=O) groups excluding carboxylic acids is 1. The number of aliphatic hydroxyl groups is 5. The highest BCUT2D eigenvalue weighted by atomic mass is 31.3. The van der Waals surface area contributed by atoms with Crippen molar-refractivity contribution in [1.82, 2.24) is 14.9 Å². The summed E-state index contributed by atoms with van der Waals surface area (Å²) in [5.41, 5.74) is -1.78. The van der Waals surface area contributed by atoms with Gasteiger partial charge in [0.05, 0.1) is 13.2 Å². The van der Waals surface area contributed by atoms with Gasteiger partial charge in [-0.05, 0) is 0 Å². The molecule has 222 valence electrons. The van der Waals surface area contributed by atoms with Gasteiger partial charge in [-0.2, -0.15) is 4.31 Å². The highest BCUT2D eigenvalue weighted by molar-refractivity contribution is 7.61. The van der Waals surface area contributed by atoms with E-state index in [4.69, 9.17) is 18.5 Å². The second-order valence-electron chi connectivity index (χ2n) is 8.42. The number of hydrogen-bond acceptors (Lipinski definition) is 15. The first-order chi connectivity index (χ1) is 18.0. The van der Waals surface area contributed by atoms with Crippen LogP contribution in [0.2, 0.25) is 0 Å². The molecule has 10 atom stereocenters. The van der Waals surface area contributed by atoms with Crippen LogP contribution >= 0.6 is 15.6 Å². The van der Waals surface area contributed by atoms with Gasteiger partial charge in [0.15, 0.2) is 12.5 Å². The van der Waals surface area contributed by atoms with Gasteiger partial charge in [-0.25, -0.2) is 13.9 Å². The number of nitrogens with one attached hydrogen (secondary N) is 2. The van der Waals surface area contributed by atoms with Crippen LogP contribution in [-0.4, -0.2) is 113 Å². The van der Waals surface area contributed by atoms with E-state index in [0.29, 0.717) is 4.57 Å². The Morgan fingerprint density at radius 1 is 1.08 bits per heavy atom. The zero-order valence-corrected chi connectivity index (χ0v) is 21.6. The molecule has 1 amide bonds. The summed E-state index contributed by atoms with van der Waals surface area (Å²) in [7, 11) is -11.1. The van der Waals surface area contributed by atoms with Gasteiger partial charge in [0.1, 0.15) is 42.7 Å². The average molecular weight is 607 g/mol. The third-order valence-electron chi connectivity index (χ3n) is 5.55. The van der Waals surface area contributed by atoms with E-state index in [1.165, 1.54) is 0 Å². The zero-order chi connectivity index (χ0) is 29.3. The fourth-order valence-electron chi connectivity index (χ4n) is 3.78. The van der Waals surface area contributed by atoms with E-state index >= 15 is 0 Å². The Bertz CT molecular complexity index is 1230. The average Bonchev–Trinajstić information content (AvgIpc) is 3.09. The SMILES string of the molecule is CC(=O)N[C@@H]1[C@H](OP(=O)(OC[C@@H]2O[C@H](n3ccc(=O)[nH]c3=O)C(O)C2O)OP(=O)(O)O)O[C@H](CO)[C@@H](O)[C@@H]1O. The van der Waals surface area contributed by atoms with E-state index in [-0.39, 0.29) is 0 Å². The number of H-pyrrole nitrogens is 1. The largest absolute Gasteiger partial charge is 0.486 e. The van der Waals surface area contributed by atoms with E-state index < -0.39 is 101 Å². The molecule has 39 heavy (non-hydrogen) atoms. The first kappa shape index (κ1) is 31.7. The topological polar surface area (TPSA) is 306 Å². The van der Waals surface area contributed by atoms with Gasteiger partial charge in [-0.1, -0.05) is 0 Å². The minimum atomic E-state index is -5.66. The summed E-state index contributed by atoms with van der Waals surface area (Å²) in [5, 5.41) is 52.6. The summed E-state index contributed by atoms with van der Waals surface area (Å²) < 4.78 is 50.1. The number of phosphoric acid groups is 2. The number of aromatic amines is 1. The van der Waals surface area contributed by atoms with Crippen LogP contribution in [-0.2, 0) is 36.8 Å². The van der Waals surface area contributed by atoms with Crippen molar-refractivity contribution in [2.24, 2.45) is 0 Å². The molecule has 1 aromatic rings. The molecular formula is C17H27N3O17P2. The third-order valence-corrected chi connectivity index (χ3v) is 8.13. The van der Waals surface area contributed by atoms with Crippen LogP contribution in [0.5, 0.6) is 0 Å². The van der Waals surface area contributed by atoms with Gasteiger partial charge in [-0.3, -0.25) is 28.2 Å². The van der Waals surface area contributed by atoms with Crippen molar-refractivity contribution in [3.63, 3.8) is 0 Å². The molecule has 2 fully saturated rings. The van der Waals surface area contributed by atoms with Gasteiger partial charge in [0.2, 0.25) is 5.91 Å². The molecule has 0 aliphatic carbocycles. The van der Waals surface area contributed by atoms with Crippen molar-refractivity contribution in [2.75, 3.05) is 13.2 Å². The first-order valence-electron chi connectivity index (χ1n) is 11.0. The van der Waals surface area contributed by atoms with Crippen LogP contribution in [0.1, 0.15) is 13.2 Å². The van der Waals surface area contributed by atoms with E-state index in [1.807, 2.05) is 4.98 Å². The predicted molar refractivity (Wildman–Crippen MR) is 120 cm³/mol. The van der Waals surface area contributed by atoms with Crippen molar-refractivity contribution in [1.29, 1.82) is 0 Å². The quantitative estimate of drug-likeness (QED) is 0.113. The number of phosphoric ester groups is 1. The molecule has 1 aromatic heterocycles. The third kappa shape index (κ3) is 7.66. The maximum atomic E-state index is 13.2. The van der Waals surface area contributed by atoms with Gasteiger partial charge in [0, 0.05) is 19.2 Å². The summed E-state index contributed by atoms with van der Waals surface area (Å²) in [4.78, 5) is 55.3. The van der Waals surface area contributed by atoms with Crippen molar-refractivity contribution >= 4 is 21.6 Å². The number of ether oxygens (including phenoxy) is 2. The van der Waals surface area contributed by atoms with E-state index in [0.717, 1.165) is 19.2 Å². The molecule has 2 saturated heterocycles. The number of aliphatic hydroxyl groups excluding tert-OH is 5. The lowest BCUT2D eigenvalue weighted by Crippen LogP contribution is -2.64. The fraction of sp³-hybridized carbons (Fsp3) is 0.706. The van der Waals surface area contributed by atoms with Gasteiger partial charge < -0.3 is 50.1 Å². The normalized spacial score (nSPS) is 34.9. The number of rotatable bonds is 10. The molecule has 9 N–H and O–H groups in total. The minimum Gasteiger partial charge on any atom is -0.394 e. The molecule has 2 aliphatic rings. The van der Waals surface area contributed by atoms with Gasteiger partial charge in [0.25, 0.3) is 5.56 Å². The molecule has 0 bridgehead atoms. The first-order valence-corrected chi connectivity index (χ1v) is 14.0. The van der Waals surface area contributed by atoms with Crippen LogP contribution in [0.3, 0.4) is 0 Å². The number of carbonyl (C=O) groups is 1. The van der Waals surface area contributed by atoms with Crippen LogP contribution in [0.25, 0.3) is 0 Å². The van der Waals surface area contributed by atoms with Crippen LogP contribution in [0.15, 0.2) is 21.9 Å². The molecule has 0 radical (unpaired) electrons. The smallest absolute Gasteiger partial charge is 0.394 e. The van der Waals surface area contributed by atoms with Gasteiger partial charge in [-0.15, -0.1) is 0 Å². The lowest BCUT2D eigenvalue weighted by molar-refractivity contribution is -0.248. The van der Waals surface area contributed by atoms with Crippen molar-refractivity contribution in [3.05, 3.63) is 33.1 Å². The van der Waals surface area contributed by atoms with Crippen molar-refractivity contribution in [3.8, 4) is 0 Å². The molecule has 3 heterocycles. The van der Waals surface area contributed by atoms with Crippen molar-refractivity contribution in [2.45, 2.75) is 62.1 Å². The molecular weight excluding hydrogens is 580 g/mol. The Labute approximate surface area is 217 Å². The lowest BCUT2D eigenvalue weighted by Gasteiger charge is -2.42. The lowest BCUT2D eigenvalue weighted by atomic mass is 9.97. The second-order valence-corrected chi connectivity index (χ2v) is 11.4. The number of hydrogen-bond donors (Lipinski definition) is 9. The summed E-state index contributed by atoms with van der Waals surface area (Å²) in [5.74, 6) is -0.808. The van der Waals surface area contributed by atoms with Crippen LogP contribution in [0, 0.1) is 0 Å². The molecule has 0 spiro atoms. The Morgan fingerprint density at radius 2 is 1.72 bits per heavy atom. The van der Waals surface area contributed by atoms with Crippen molar-refractivity contribution < 1.29 is 72.1 Å². The number of nitrogens with zero attached hydrogens (tertiary/aromatic N) is 1. The summed E-state index contributed by atoms with van der Waals surface area (Å²) in [6.45, 7) is -0.984. The molecule has 20 nitrogen and oxygen atoms in total. The molecule has 0 saturated carbocycles. The Kier molecular flexibility index (Phi) is 10.0.